The van der Waals surface area contributed by atoms with E-state index in [1.165, 1.54) is 12.1 Å². The lowest BCUT2D eigenvalue weighted by atomic mass is 9.64. The van der Waals surface area contributed by atoms with Gasteiger partial charge in [0.1, 0.15) is 0 Å². The van der Waals surface area contributed by atoms with Crippen LogP contribution in [-0.4, -0.2) is 29.2 Å². The summed E-state index contributed by atoms with van der Waals surface area (Å²) in [5.41, 5.74) is 1.76. The summed E-state index contributed by atoms with van der Waals surface area (Å²) in [6, 6.07) is 5.46. The van der Waals surface area contributed by atoms with E-state index >= 15 is 0 Å². The first-order valence-electron chi connectivity index (χ1n) is 9.12. The number of fused-ring (bicyclic) bond motifs is 1. The molecule has 0 spiro atoms. The van der Waals surface area contributed by atoms with Gasteiger partial charge in [0.25, 0.3) is 5.91 Å². The molecule has 3 N–H and O–H groups in total. The Morgan fingerprint density at radius 3 is 2.81 bits per heavy atom. The van der Waals surface area contributed by atoms with E-state index in [0.29, 0.717) is 24.3 Å². The number of hydrogen-bond acceptors (Lipinski definition) is 3. The lowest BCUT2D eigenvalue weighted by Crippen LogP contribution is -2.46. The van der Waals surface area contributed by atoms with Crippen molar-refractivity contribution in [2.45, 2.75) is 43.8 Å². The molecule has 1 saturated carbocycles. The first-order chi connectivity index (χ1) is 12.9. The maximum atomic E-state index is 13.1. The summed E-state index contributed by atoms with van der Waals surface area (Å²) in [6.45, 7) is 1.74. The molecule has 0 bridgehead atoms. The van der Waals surface area contributed by atoms with E-state index in [1.807, 2.05) is 0 Å². The largest absolute Gasteiger partial charge is 0.416 e. The van der Waals surface area contributed by atoms with Crippen LogP contribution < -0.4 is 10.6 Å². The molecule has 2 aliphatic rings. The number of carbonyl (C=O) groups is 1. The van der Waals surface area contributed by atoms with Crippen LogP contribution >= 0.6 is 0 Å². The fraction of sp³-hybridized carbons (Fsp3) is 0.474. The van der Waals surface area contributed by atoms with Crippen molar-refractivity contribution in [3.05, 3.63) is 52.3 Å². The molecule has 0 radical (unpaired) electrons. The Bertz CT molecular complexity index is 855. The fourth-order valence-electron chi connectivity index (χ4n) is 3.94. The SMILES string of the molecule is O=C(NCC1(c2cccc(C(F)(F)F)c2)CCC1)c1n[nH]c2c1CNCC2. The molecule has 5 nitrogen and oxygen atoms in total. The Kier molecular flexibility index (Phi) is 4.46. The predicted octanol–water partition coefficient (Wildman–Crippen LogP) is 2.93. The molecule has 1 amide bonds. The van der Waals surface area contributed by atoms with Crippen molar-refractivity contribution in [2.24, 2.45) is 0 Å². The molecule has 1 aromatic heterocycles. The number of nitrogens with zero attached hydrogens (tertiary/aromatic N) is 1. The smallest absolute Gasteiger partial charge is 0.350 e. The van der Waals surface area contributed by atoms with E-state index in [2.05, 4.69) is 20.8 Å². The second-order valence-corrected chi connectivity index (χ2v) is 7.35. The zero-order valence-electron chi connectivity index (χ0n) is 14.7. The molecule has 1 aliphatic carbocycles. The van der Waals surface area contributed by atoms with E-state index in [9.17, 15) is 18.0 Å². The highest BCUT2D eigenvalue weighted by Gasteiger charge is 2.41. The van der Waals surface area contributed by atoms with Crippen LogP contribution in [0.1, 0.15) is 52.1 Å². The van der Waals surface area contributed by atoms with Gasteiger partial charge in [-0.1, -0.05) is 24.6 Å². The van der Waals surface area contributed by atoms with Gasteiger partial charge in [0.15, 0.2) is 5.69 Å². The zero-order valence-corrected chi connectivity index (χ0v) is 14.7. The highest BCUT2D eigenvalue weighted by atomic mass is 19.4. The average molecular weight is 378 g/mol. The molecule has 0 atom stereocenters. The summed E-state index contributed by atoms with van der Waals surface area (Å²) in [4.78, 5) is 12.6. The molecule has 2 aromatic rings. The quantitative estimate of drug-likeness (QED) is 0.766. The van der Waals surface area contributed by atoms with E-state index in [1.54, 1.807) is 6.07 Å². The monoisotopic (exact) mass is 378 g/mol. The van der Waals surface area contributed by atoms with Crippen molar-refractivity contribution in [1.29, 1.82) is 0 Å². The van der Waals surface area contributed by atoms with Gasteiger partial charge in [0.2, 0.25) is 0 Å². The van der Waals surface area contributed by atoms with Crippen molar-refractivity contribution >= 4 is 5.91 Å². The third-order valence-corrected chi connectivity index (χ3v) is 5.72. The van der Waals surface area contributed by atoms with Crippen molar-refractivity contribution in [1.82, 2.24) is 20.8 Å². The molecule has 144 valence electrons. The van der Waals surface area contributed by atoms with Gasteiger partial charge in [-0.2, -0.15) is 18.3 Å². The van der Waals surface area contributed by atoms with E-state index in [4.69, 9.17) is 0 Å². The second kappa shape index (κ2) is 6.67. The summed E-state index contributed by atoms with van der Waals surface area (Å²) in [5, 5.41) is 13.2. The van der Waals surface area contributed by atoms with Gasteiger partial charge < -0.3 is 10.6 Å². The molecular formula is C19H21F3N4O. The van der Waals surface area contributed by atoms with E-state index in [0.717, 1.165) is 49.6 Å². The molecule has 8 heteroatoms. The van der Waals surface area contributed by atoms with Gasteiger partial charge >= 0.3 is 6.18 Å². The molecular weight excluding hydrogens is 357 g/mol. The summed E-state index contributed by atoms with van der Waals surface area (Å²) in [7, 11) is 0. The number of aromatic nitrogens is 2. The van der Waals surface area contributed by atoms with Crippen LogP contribution in [-0.2, 0) is 24.6 Å². The van der Waals surface area contributed by atoms with Gasteiger partial charge in [-0.3, -0.25) is 9.89 Å². The van der Waals surface area contributed by atoms with Crippen LogP contribution in [0, 0.1) is 0 Å². The minimum absolute atomic E-state index is 0.283. The first-order valence-corrected chi connectivity index (χ1v) is 9.12. The van der Waals surface area contributed by atoms with Crippen molar-refractivity contribution in [3.8, 4) is 0 Å². The third kappa shape index (κ3) is 3.34. The molecule has 0 unspecified atom stereocenters. The number of aromatic amines is 1. The summed E-state index contributed by atoms with van der Waals surface area (Å²) in [6.07, 6.45) is -1.12. The molecule has 2 heterocycles. The van der Waals surface area contributed by atoms with Gasteiger partial charge in [-0.05, 0) is 24.5 Å². The summed E-state index contributed by atoms with van der Waals surface area (Å²) < 4.78 is 39.2. The number of hydrogen-bond donors (Lipinski definition) is 3. The van der Waals surface area contributed by atoms with Crippen LogP contribution in [0.2, 0.25) is 0 Å². The highest BCUT2D eigenvalue weighted by molar-refractivity contribution is 5.94. The molecule has 0 saturated heterocycles. The number of H-pyrrole nitrogens is 1. The average Bonchev–Trinajstić information content (AvgIpc) is 3.04. The molecule has 1 aromatic carbocycles. The number of halogens is 3. The first kappa shape index (κ1) is 18.0. The Hall–Kier alpha value is -2.35. The number of rotatable bonds is 4. The third-order valence-electron chi connectivity index (χ3n) is 5.72. The number of benzene rings is 1. The molecule has 1 fully saturated rings. The number of carbonyl (C=O) groups excluding carboxylic acids is 1. The Labute approximate surface area is 154 Å². The number of amides is 1. The molecule has 4 rings (SSSR count). The Balaban J connectivity index is 1.51. The van der Waals surface area contributed by atoms with Crippen molar-refractivity contribution in [3.63, 3.8) is 0 Å². The second-order valence-electron chi connectivity index (χ2n) is 7.35. The van der Waals surface area contributed by atoms with Gasteiger partial charge in [0, 0.05) is 42.7 Å². The van der Waals surface area contributed by atoms with Crippen LogP contribution in [0.5, 0.6) is 0 Å². The topological polar surface area (TPSA) is 69.8 Å². The van der Waals surface area contributed by atoms with Gasteiger partial charge in [-0.25, -0.2) is 0 Å². The Morgan fingerprint density at radius 2 is 2.11 bits per heavy atom. The van der Waals surface area contributed by atoms with Crippen molar-refractivity contribution < 1.29 is 18.0 Å². The van der Waals surface area contributed by atoms with Crippen LogP contribution in [0.4, 0.5) is 13.2 Å². The minimum atomic E-state index is -4.37. The lowest BCUT2D eigenvalue weighted by Gasteiger charge is -2.42. The standard InChI is InChI=1S/C19H21F3N4O/c20-19(21,22)13-4-1-3-12(9-13)18(6-2-7-18)11-24-17(27)16-14-10-23-8-5-15(14)25-26-16/h1,3-4,9,23H,2,5-8,10-11H2,(H,24,27)(H,25,26). The van der Waals surface area contributed by atoms with Crippen molar-refractivity contribution in [2.75, 3.05) is 13.1 Å². The molecule has 1 aliphatic heterocycles. The maximum absolute atomic E-state index is 13.1. The number of alkyl halides is 3. The van der Waals surface area contributed by atoms with Gasteiger partial charge in [0.05, 0.1) is 5.56 Å². The fourth-order valence-corrected chi connectivity index (χ4v) is 3.94. The maximum Gasteiger partial charge on any atom is 0.416 e. The summed E-state index contributed by atoms with van der Waals surface area (Å²) >= 11 is 0. The molecule has 27 heavy (non-hydrogen) atoms. The number of nitrogens with one attached hydrogen (secondary N) is 3. The van der Waals surface area contributed by atoms with Crippen LogP contribution in [0.15, 0.2) is 24.3 Å². The Morgan fingerprint density at radius 1 is 1.30 bits per heavy atom. The predicted molar refractivity (Wildman–Crippen MR) is 93.3 cm³/mol. The van der Waals surface area contributed by atoms with Crippen LogP contribution in [0.3, 0.4) is 0 Å². The lowest BCUT2D eigenvalue weighted by molar-refractivity contribution is -0.137. The van der Waals surface area contributed by atoms with E-state index in [-0.39, 0.29) is 5.91 Å². The summed E-state index contributed by atoms with van der Waals surface area (Å²) in [5.74, 6) is -0.283. The highest BCUT2D eigenvalue weighted by Crippen LogP contribution is 2.44. The van der Waals surface area contributed by atoms with Gasteiger partial charge in [-0.15, -0.1) is 0 Å². The van der Waals surface area contributed by atoms with E-state index < -0.39 is 17.2 Å². The van der Waals surface area contributed by atoms with Crippen LogP contribution in [0.25, 0.3) is 0 Å². The minimum Gasteiger partial charge on any atom is -0.350 e. The normalized spacial score (nSPS) is 18.5. The zero-order chi connectivity index (χ0) is 19.1.